The van der Waals surface area contributed by atoms with Crippen molar-refractivity contribution in [3.63, 3.8) is 0 Å². The van der Waals surface area contributed by atoms with E-state index in [2.05, 4.69) is 27.6 Å². The fourth-order valence-corrected chi connectivity index (χ4v) is 2.77. The van der Waals surface area contributed by atoms with Crippen LogP contribution in [0.4, 0.5) is 10.2 Å². The molecule has 0 radical (unpaired) electrons. The first-order chi connectivity index (χ1) is 7.25. The summed E-state index contributed by atoms with van der Waals surface area (Å²) in [6.07, 6.45) is 1.56. The van der Waals surface area contributed by atoms with Crippen molar-refractivity contribution in [2.75, 3.05) is 18.1 Å². The summed E-state index contributed by atoms with van der Waals surface area (Å²) < 4.78 is 20.0. The van der Waals surface area contributed by atoms with Gasteiger partial charge in [-0.15, -0.1) is 0 Å². The molecular weight excluding hydrogens is 310 g/mol. The van der Waals surface area contributed by atoms with Gasteiger partial charge in [0.25, 0.3) is 0 Å². The molecule has 0 spiro atoms. The minimum atomic E-state index is -0.746. The lowest BCUT2D eigenvalue weighted by molar-refractivity contribution is 0.260. The molecule has 0 N–H and O–H groups in total. The van der Waals surface area contributed by atoms with Crippen LogP contribution in [0.3, 0.4) is 0 Å². The van der Waals surface area contributed by atoms with E-state index in [-0.39, 0.29) is 6.04 Å². The highest BCUT2D eigenvalue weighted by Gasteiger charge is 2.38. The Morgan fingerprint density at radius 2 is 2.47 bits per heavy atom. The Morgan fingerprint density at radius 1 is 1.60 bits per heavy atom. The van der Waals surface area contributed by atoms with Crippen LogP contribution in [-0.4, -0.2) is 30.3 Å². The molecule has 15 heavy (non-hydrogen) atoms. The first kappa shape index (κ1) is 9.62. The summed E-state index contributed by atoms with van der Waals surface area (Å²) in [6, 6.07) is 2.07. The topological polar surface area (TPSA) is 25.4 Å². The second kappa shape index (κ2) is 3.47. The van der Waals surface area contributed by atoms with E-state index in [0.717, 1.165) is 15.1 Å². The first-order valence-electron chi connectivity index (χ1n) is 4.93. The van der Waals surface area contributed by atoms with Crippen LogP contribution in [0.5, 0.6) is 5.75 Å². The minimum absolute atomic E-state index is 0.165. The van der Waals surface area contributed by atoms with E-state index in [1.54, 1.807) is 6.20 Å². The van der Waals surface area contributed by atoms with Crippen molar-refractivity contribution >= 4 is 28.4 Å². The van der Waals surface area contributed by atoms with Crippen LogP contribution in [-0.2, 0) is 0 Å². The van der Waals surface area contributed by atoms with E-state index in [1.165, 1.54) is 0 Å². The number of halogens is 2. The molecule has 0 amide bonds. The van der Waals surface area contributed by atoms with E-state index < -0.39 is 6.17 Å². The minimum Gasteiger partial charge on any atom is -0.486 e. The standard InChI is InChI=1S/C10H10FIN2O/c11-6-3-7-5-15-9-8(12)1-2-13-10(9)14(7)4-6/h1-2,6-7H,3-5H2. The molecule has 1 fully saturated rings. The summed E-state index contributed by atoms with van der Waals surface area (Å²) in [5, 5.41) is 0. The number of pyridine rings is 1. The molecule has 1 aromatic rings. The number of alkyl halides is 1. The molecule has 3 heterocycles. The van der Waals surface area contributed by atoms with Crippen LogP contribution < -0.4 is 9.64 Å². The first-order valence-corrected chi connectivity index (χ1v) is 6.01. The third-order valence-corrected chi connectivity index (χ3v) is 3.74. The molecule has 0 aliphatic carbocycles. The number of ether oxygens (including phenoxy) is 1. The number of anilines is 1. The van der Waals surface area contributed by atoms with Gasteiger partial charge in [-0.1, -0.05) is 0 Å². The predicted octanol–water partition coefficient (Wildman–Crippen LogP) is 2.00. The van der Waals surface area contributed by atoms with Gasteiger partial charge in [0, 0.05) is 12.6 Å². The van der Waals surface area contributed by atoms with Gasteiger partial charge in [-0.25, -0.2) is 9.37 Å². The molecule has 1 aromatic heterocycles. The number of hydrogen-bond acceptors (Lipinski definition) is 3. The Labute approximate surface area is 101 Å². The summed E-state index contributed by atoms with van der Waals surface area (Å²) in [7, 11) is 0. The molecule has 0 aromatic carbocycles. The van der Waals surface area contributed by atoms with Gasteiger partial charge in [0.2, 0.25) is 0 Å². The zero-order valence-electron chi connectivity index (χ0n) is 7.99. The third-order valence-electron chi connectivity index (χ3n) is 2.89. The van der Waals surface area contributed by atoms with Crippen molar-refractivity contribution < 1.29 is 9.13 Å². The van der Waals surface area contributed by atoms with Crippen molar-refractivity contribution in [2.24, 2.45) is 0 Å². The molecule has 3 rings (SSSR count). The van der Waals surface area contributed by atoms with Gasteiger partial charge < -0.3 is 9.64 Å². The third kappa shape index (κ3) is 1.47. The molecule has 0 bridgehead atoms. The van der Waals surface area contributed by atoms with Crippen LogP contribution in [0.15, 0.2) is 12.3 Å². The van der Waals surface area contributed by atoms with Gasteiger partial charge in [-0.2, -0.15) is 0 Å². The predicted molar refractivity (Wildman–Crippen MR) is 63.1 cm³/mol. The van der Waals surface area contributed by atoms with Gasteiger partial charge in [-0.3, -0.25) is 0 Å². The lowest BCUT2D eigenvalue weighted by Gasteiger charge is -2.32. The van der Waals surface area contributed by atoms with Crippen LogP contribution in [0, 0.1) is 3.57 Å². The average molecular weight is 320 g/mol. The van der Waals surface area contributed by atoms with E-state index in [1.807, 2.05) is 11.0 Å². The average Bonchev–Trinajstić information content (AvgIpc) is 2.59. The number of aromatic nitrogens is 1. The van der Waals surface area contributed by atoms with Crippen LogP contribution in [0.25, 0.3) is 0 Å². The van der Waals surface area contributed by atoms with Crippen LogP contribution >= 0.6 is 22.6 Å². The maximum atomic E-state index is 13.3. The Bertz CT molecular complexity index is 401. The zero-order chi connectivity index (χ0) is 10.4. The molecule has 1 saturated heterocycles. The van der Waals surface area contributed by atoms with E-state index in [4.69, 9.17) is 4.74 Å². The van der Waals surface area contributed by atoms with Crippen LogP contribution in [0.1, 0.15) is 6.42 Å². The number of rotatable bonds is 0. The highest BCUT2D eigenvalue weighted by molar-refractivity contribution is 14.1. The lowest BCUT2D eigenvalue weighted by Crippen LogP contribution is -2.39. The molecule has 5 heteroatoms. The molecule has 2 unspecified atom stereocenters. The van der Waals surface area contributed by atoms with Gasteiger partial charge in [-0.05, 0) is 28.7 Å². The van der Waals surface area contributed by atoms with Gasteiger partial charge in [0.1, 0.15) is 12.8 Å². The highest BCUT2D eigenvalue weighted by atomic mass is 127. The van der Waals surface area contributed by atoms with E-state index in [0.29, 0.717) is 19.6 Å². The second-order valence-corrected chi connectivity index (χ2v) is 5.06. The van der Waals surface area contributed by atoms with Gasteiger partial charge in [0.15, 0.2) is 11.6 Å². The number of fused-ring (bicyclic) bond motifs is 3. The molecule has 2 aliphatic heterocycles. The summed E-state index contributed by atoms with van der Waals surface area (Å²) in [5.41, 5.74) is 0. The maximum Gasteiger partial charge on any atom is 0.175 e. The quantitative estimate of drug-likeness (QED) is 0.684. The number of hydrogen-bond donors (Lipinski definition) is 0. The van der Waals surface area contributed by atoms with Gasteiger partial charge in [0.05, 0.1) is 16.2 Å². The fourth-order valence-electron chi connectivity index (χ4n) is 2.21. The zero-order valence-corrected chi connectivity index (χ0v) is 10.1. The lowest BCUT2D eigenvalue weighted by atomic mass is 10.2. The molecule has 0 saturated carbocycles. The maximum absolute atomic E-state index is 13.3. The normalized spacial score (nSPS) is 28.3. The molecule has 2 aliphatic rings. The van der Waals surface area contributed by atoms with E-state index >= 15 is 0 Å². The van der Waals surface area contributed by atoms with Crippen LogP contribution in [0.2, 0.25) is 0 Å². The van der Waals surface area contributed by atoms with Crippen molar-refractivity contribution in [1.82, 2.24) is 4.98 Å². The van der Waals surface area contributed by atoms with Gasteiger partial charge >= 0.3 is 0 Å². The SMILES string of the molecule is FC1CC2COc3c(I)ccnc3N2C1. The Morgan fingerprint density at radius 3 is 3.33 bits per heavy atom. The summed E-state index contributed by atoms with van der Waals surface area (Å²) in [4.78, 5) is 6.32. The molecule has 3 nitrogen and oxygen atoms in total. The summed E-state index contributed by atoms with van der Waals surface area (Å²) in [5.74, 6) is 1.61. The number of nitrogens with zero attached hydrogens (tertiary/aromatic N) is 2. The monoisotopic (exact) mass is 320 g/mol. The van der Waals surface area contributed by atoms with Crippen molar-refractivity contribution in [1.29, 1.82) is 0 Å². The Hall–Kier alpha value is -0.590. The molecule has 2 atom stereocenters. The van der Waals surface area contributed by atoms with E-state index in [9.17, 15) is 4.39 Å². The molecule has 80 valence electrons. The summed E-state index contributed by atoms with van der Waals surface area (Å²) >= 11 is 2.22. The second-order valence-electron chi connectivity index (χ2n) is 3.90. The summed E-state index contributed by atoms with van der Waals surface area (Å²) in [6.45, 7) is 1.03. The van der Waals surface area contributed by atoms with Crippen molar-refractivity contribution in [3.05, 3.63) is 15.8 Å². The largest absolute Gasteiger partial charge is 0.486 e. The van der Waals surface area contributed by atoms with Crippen molar-refractivity contribution in [2.45, 2.75) is 18.6 Å². The fraction of sp³-hybridized carbons (Fsp3) is 0.500. The Kier molecular flexibility index (Phi) is 2.22. The Balaban J connectivity index is 2.05. The highest BCUT2D eigenvalue weighted by Crippen LogP contribution is 2.39. The molecular formula is C10H10FIN2O. The smallest absolute Gasteiger partial charge is 0.175 e. The van der Waals surface area contributed by atoms with Crippen molar-refractivity contribution in [3.8, 4) is 5.75 Å².